The van der Waals surface area contributed by atoms with Crippen molar-refractivity contribution in [1.82, 2.24) is 5.32 Å². The number of nitrogen functional groups attached to an aromatic ring is 1. The zero-order chi connectivity index (χ0) is 13.7. The highest BCUT2D eigenvalue weighted by Crippen LogP contribution is 2.37. The van der Waals surface area contributed by atoms with Crippen molar-refractivity contribution < 1.29 is 9.53 Å². The molecule has 0 atom stereocenters. The van der Waals surface area contributed by atoms with Crippen LogP contribution in [0.25, 0.3) is 0 Å². The number of hydrogen-bond acceptors (Lipinski definition) is 3. The van der Waals surface area contributed by atoms with Crippen LogP contribution in [0.4, 0.5) is 5.69 Å². The van der Waals surface area contributed by atoms with E-state index in [9.17, 15) is 4.79 Å². The van der Waals surface area contributed by atoms with E-state index in [1.807, 2.05) is 24.3 Å². The van der Waals surface area contributed by atoms with E-state index in [0.717, 1.165) is 31.4 Å². The Morgan fingerprint density at radius 2 is 2.05 bits per heavy atom. The molecule has 0 unspecified atom stereocenters. The topological polar surface area (TPSA) is 64.3 Å². The molecule has 2 rings (SSSR count). The van der Waals surface area contributed by atoms with Crippen molar-refractivity contribution in [3.05, 3.63) is 29.8 Å². The van der Waals surface area contributed by atoms with Gasteiger partial charge in [-0.15, -0.1) is 0 Å². The molecule has 1 aliphatic rings. The molecule has 3 N–H and O–H groups in total. The zero-order valence-corrected chi connectivity index (χ0v) is 11.4. The number of rotatable bonds is 6. The molecular weight excluding hydrogens is 240 g/mol. The molecule has 4 nitrogen and oxygen atoms in total. The van der Waals surface area contributed by atoms with Gasteiger partial charge in [0.25, 0.3) is 0 Å². The molecular formula is C15H22N2O2. The van der Waals surface area contributed by atoms with Crippen molar-refractivity contribution in [3.8, 4) is 0 Å². The normalized spacial score (nSPS) is 16.7. The number of methoxy groups -OCH3 is 1. The van der Waals surface area contributed by atoms with E-state index in [4.69, 9.17) is 10.5 Å². The third kappa shape index (κ3) is 3.70. The first-order chi connectivity index (χ1) is 9.13. The Kier molecular flexibility index (Phi) is 4.43. The van der Waals surface area contributed by atoms with Crippen molar-refractivity contribution in [1.29, 1.82) is 0 Å². The Balaban J connectivity index is 1.70. The number of nitrogens with one attached hydrogen (secondary N) is 1. The summed E-state index contributed by atoms with van der Waals surface area (Å²) in [6.07, 6.45) is 4.45. The lowest BCUT2D eigenvalue weighted by Gasteiger charge is -2.39. The maximum Gasteiger partial charge on any atom is 0.222 e. The Morgan fingerprint density at radius 3 is 2.58 bits per heavy atom. The van der Waals surface area contributed by atoms with E-state index in [0.29, 0.717) is 13.0 Å². The summed E-state index contributed by atoms with van der Waals surface area (Å²) in [6.45, 7) is 0.655. The van der Waals surface area contributed by atoms with Gasteiger partial charge in [0, 0.05) is 19.3 Å². The minimum Gasteiger partial charge on any atom is -0.399 e. The third-order valence-corrected chi connectivity index (χ3v) is 3.90. The molecule has 0 bridgehead atoms. The lowest BCUT2D eigenvalue weighted by Crippen LogP contribution is -2.44. The number of ether oxygens (including phenoxy) is 1. The molecule has 0 heterocycles. The fourth-order valence-electron chi connectivity index (χ4n) is 2.41. The average Bonchev–Trinajstić information content (AvgIpc) is 2.36. The molecule has 1 amide bonds. The van der Waals surface area contributed by atoms with Crippen LogP contribution in [0.3, 0.4) is 0 Å². The summed E-state index contributed by atoms with van der Waals surface area (Å²) in [7, 11) is 1.70. The van der Waals surface area contributed by atoms with Gasteiger partial charge in [0.1, 0.15) is 0 Å². The van der Waals surface area contributed by atoms with Gasteiger partial charge >= 0.3 is 0 Å². The summed E-state index contributed by atoms with van der Waals surface area (Å²) in [5.41, 5.74) is 7.38. The predicted octanol–water partition coefficient (Wildman–Crippen LogP) is 1.89. The molecule has 0 radical (unpaired) electrons. The second-order valence-electron chi connectivity index (χ2n) is 5.26. The Hall–Kier alpha value is -1.55. The van der Waals surface area contributed by atoms with Crippen LogP contribution in [-0.4, -0.2) is 25.2 Å². The lowest BCUT2D eigenvalue weighted by atomic mass is 9.77. The first-order valence-electron chi connectivity index (χ1n) is 6.80. The Bertz CT molecular complexity index is 419. The fraction of sp³-hybridized carbons (Fsp3) is 0.533. The first kappa shape index (κ1) is 13.9. The molecule has 0 saturated heterocycles. The minimum atomic E-state index is -0.189. The maximum atomic E-state index is 11.8. The Labute approximate surface area is 114 Å². The van der Waals surface area contributed by atoms with Gasteiger partial charge in [-0.2, -0.15) is 0 Å². The van der Waals surface area contributed by atoms with Gasteiger partial charge in [-0.3, -0.25) is 4.79 Å². The van der Waals surface area contributed by atoms with Crippen molar-refractivity contribution in [3.63, 3.8) is 0 Å². The molecule has 1 aromatic rings. The molecule has 1 fully saturated rings. The predicted molar refractivity (Wildman–Crippen MR) is 75.8 cm³/mol. The molecule has 4 heteroatoms. The quantitative estimate of drug-likeness (QED) is 0.769. The van der Waals surface area contributed by atoms with Crippen LogP contribution >= 0.6 is 0 Å². The van der Waals surface area contributed by atoms with Gasteiger partial charge in [0.2, 0.25) is 5.91 Å². The summed E-state index contributed by atoms with van der Waals surface area (Å²) in [4.78, 5) is 11.8. The van der Waals surface area contributed by atoms with Crippen LogP contribution in [0.2, 0.25) is 0 Å². The minimum absolute atomic E-state index is 0.0806. The Morgan fingerprint density at radius 1 is 1.37 bits per heavy atom. The number of carbonyl (C=O) groups is 1. The van der Waals surface area contributed by atoms with Gasteiger partial charge in [0.15, 0.2) is 0 Å². The first-order valence-corrected chi connectivity index (χ1v) is 6.80. The molecule has 0 spiro atoms. The number of amides is 1. The van der Waals surface area contributed by atoms with E-state index in [1.54, 1.807) is 7.11 Å². The molecule has 1 aromatic carbocycles. The van der Waals surface area contributed by atoms with E-state index >= 15 is 0 Å². The van der Waals surface area contributed by atoms with Crippen LogP contribution in [0, 0.1) is 0 Å². The van der Waals surface area contributed by atoms with Crippen molar-refractivity contribution in [2.75, 3.05) is 19.4 Å². The van der Waals surface area contributed by atoms with Crippen molar-refractivity contribution >= 4 is 11.6 Å². The maximum absolute atomic E-state index is 11.8. The highest BCUT2D eigenvalue weighted by molar-refractivity contribution is 5.77. The van der Waals surface area contributed by atoms with Gasteiger partial charge in [-0.05, 0) is 43.4 Å². The van der Waals surface area contributed by atoms with Gasteiger partial charge in [-0.1, -0.05) is 12.1 Å². The number of hydrogen-bond donors (Lipinski definition) is 2. The second-order valence-corrected chi connectivity index (χ2v) is 5.26. The number of anilines is 1. The van der Waals surface area contributed by atoms with E-state index in [2.05, 4.69) is 5.32 Å². The molecule has 0 aliphatic heterocycles. The molecule has 0 aromatic heterocycles. The SMILES string of the molecule is COC1(CC(=O)NCCc2ccc(N)cc2)CCC1. The van der Waals surface area contributed by atoms with Gasteiger partial charge in [0.05, 0.1) is 12.0 Å². The zero-order valence-electron chi connectivity index (χ0n) is 11.4. The fourth-order valence-corrected chi connectivity index (χ4v) is 2.41. The van der Waals surface area contributed by atoms with Crippen LogP contribution in [0.5, 0.6) is 0 Å². The van der Waals surface area contributed by atoms with E-state index in [1.165, 1.54) is 5.56 Å². The third-order valence-electron chi connectivity index (χ3n) is 3.90. The number of carbonyl (C=O) groups excluding carboxylic acids is 1. The van der Waals surface area contributed by atoms with Crippen molar-refractivity contribution in [2.24, 2.45) is 0 Å². The largest absolute Gasteiger partial charge is 0.399 e. The van der Waals surface area contributed by atoms with Crippen LogP contribution in [0.15, 0.2) is 24.3 Å². The summed E-state index contributed by atoms with van der Waals surface area (Å²) in [5, 5.41) is 2.95. The smallest absolute Gasteiger partial charge is 0.222 e. The van der Waals surface area contributed by atoms with Crippen LogP contribution < -0.4 is 11.1 Å². The number of nitrogens with two attached hydrogens (primary N) is 1. The van der Waals surface area contributed by atoms with Gasteiger partial charge in [-0.25, -0.2) is 0 Å². The average molecular weight is 262 g/mol. The van der Waals surface area contributed by atoms with Crippen LogP contribution in [-0.2, 0) is 16.0 Å². The standard InChI is InChI=1S/C15H22N2O2/c1-19-15(8-2-9-15)11-14(18)17-10-7-12-3-5-13(16)6-4-12/h3-6H,2,7-11,16H2,1H3,(H,17,18). The summed E-state index contributed by atoms with van der Waals surface area (Å²) < 4.78 is 5.45. The van der Waals surface area contributed by atoms with Crippen molar-refractivity contribution in [2.45, 2.75) is 37.7 Å². The molecule has 19 heavy (non-hydrogen) atoms. The second kappa shape index (κ2) is 6.06. The summed E-state index contributed by atoms with van der Waals surface area (Å²) >= 11 is 0. The molecule has 104 valence electrons. The van der Waals surface area contributed by atoms with Crippen LogP contribution in [0.1, 0.15) is 31.2 Å². The van der Waals surface area contributed by atoms with E-state index < -0.39 is 0 Å². The number of benzene rings is 1. The monoisotopic (exact) mass is 262 g/mol. The summed E-state index contributed by atoms with van der Waals surface area (Å²) in [5.74, 6) is 0.0806. The van der Waals surface area contributed by atoms with E-state index in [-0.39, 0.29) is 11.5 Å². The summed E-state index contributed by atoms with van der Waals surface area (Å²) in [6, 6.07) is 7.74. The highest BCUT2D eigenvalue weighted by Gasteiger charge is 2.38. The molecule has 1 saturated carbocycles. The lowest BCUT2D eigenvalue weighted by molar-refractivity contribution is -0.134. The highest BCUT2D eigenvalue weighted by atomic mass is 16.5. The van der Waals surface area contributed by atoms with Gasteiger partial charge < -0.3 is 15.8 Å². The molecule has 1 aliphatic carbocycles.